The Hall–Kier alpha value is -3.08. The van der Waals surface area contributed by atoms with E-state index >= 15 is 0 Å². The molecule has 1 aromatic heterocycles. The summed E-state index contributed by atoms with van der Waals surface area (Å²) in [4.78, 5) is 16.1. The lowest BCUT2D eigenvalue weighted by atomic mass is 9.98. The maximum Gasteiger partial charge on any atom is 0.221 e. The van der Waals surface area contributed by atoms with Gasteiger partial charge < -0.3 is 15.2 Å². The molecule has 1 amide bonds. The fourth-order valence-electron chi connectivity index (χ4n) is 3.49. The van der Waals surface area contributed by atoms with Crippen LogP contribution >= 0.6 is 0 Å². The van der Waals surface area contributed by atoms with E-state index in [1.165, 1.54) is 18.4 Å². The van der Waals surface area contributed by atoms with Crippen LogP contribution in [0.3, 0.4) is 0 Å². The van der Waals surface area contributed by atoms with Crippen LogP contribution < -0.4 is 15.2 Å². The number of fused-ring (bicyclic) bond motifs is 1. The molecule has 0 unspecified atom stereocenters. The van der Waals surface area contributed by atoms with E-state index in [1.54, 1.807) is 14.2 Å². The minimum Gasteiger partial charge on any atom is -0.493 e. The highest BCUT2D eigenvalue weighted by molar-refractivity contribution is 5.88. The molecule has 0 radical (unpaired) electrons. The molecule has 1 aliphatic rings. The van der Waals surface area contributed by atoms with Crippen molar-refractivity contribution >= 4 is 16.8 Å². The second-order valence-corrected chi connectivity index (χ2v) is 6.94. The molecular weight excluding hydrogens is 340 g/mol. The quantitative estimate of drug-likeness (QED) is 0.723. The number of pyridine rings is 1. The lowest BCUT2D eigenvalue weighted by Gasteiger charge is -2.13. The van der Waals surface area contributed by atoms with Gasteiger partial charge >= 0.3 is 0 Å². The van der Waals surface area contributed by atoms with E-state index in [-0.39, 0.29) is 12.3 Å². The number of carbonyl (C=O) groups excluding carboxylic acids is 1. The second kappa shape index (κ2) is 6.91. The molecule has 27 heavy (non-hydrogen) atoms. The zero-order valence-electron chi connectivity index (χ0n) is 15.5. The zero-order valence-corrected chi connectivity index (χ0v) is 15.5. The van der Waals surface area contributed by atoms with Crippen LogP contribution in [0.5, 0.6) is 11.5 Å². The summed E-state index contributed by atoms with van der Waals surface area (Å²) >= 11 is 0. The molecular formula is C22H22N2O3. The molecule has 138 valence electrons. The largest absolute Gasteiger partial charge is 0.493 e. The Morgan fingerprint density at radius 2 is 1.85 bits per heavy atom. The van der Waals surface area contributed by atoms with Crippen LogP contribution in [-0.4, -0.2) is 25.1 Å². The van der Waals surface area contributed by atoms with Crippen molar-refractivity contribution in [3.8, 4) is 22.8 Å². The third-order valence-corrected chi connectivity index (χ3v) is 4.98. The van der Waals surface area contributed by atoms with Gasteiger partial charge in [-0.15, -0.1) is 0 Å². The van der Waals surface area contributed by atoms with Crippen molar-refractivity contribution < 1.29 is 14.3 Å². The lowest BCUT2D eigenvalue weighted by molar-refractivity contribution is -0.117. The molecule has 0 bridgehead atoms. The van der Waals surface area contributed by atoms with E-state index in [0.29, 0.717) is 17.4 Å². The number of aromatic nitrogens is 1. The van der Waals surface area contributed by atoms with E-state index in [9.17, 15) is 4.79 Å². The topological polar surface area (TPSA) is 74.4 Å². The van der Waals surface area contributed by atoms with Gasteiger partial charge in [0.1, 0.15) is 0 Å². The average Bonchev–Trinajstić information content (AvgIpc) is 3.51. The van der Waals surface area contributed by atoms with E-state index in [4.69, 9.17) is 20.2 Å². The molecule has 4 rings (SSSR count). The van der Waals surface area contributed by atoms with Gasteiger partial charge in [0, 0.05) is 10.9 Å². The molecule has 1 heterocycles. The minimum atomic E-state index is -0.322. The van der Waals surface area contributed by atoms with Crippen molar-refractivity contribution in [3.63, 3.8) is 0 Å². The van der Waals surface area contributed by atoms with Crippen LogP contribution in [0, 0.1) is 0 Å². The molecule has 2 aromatic carbocycles. The number of benzene rings is 2. The third kappa shape index (κ3) is 3.45. The first-order valence-corrected chi connectivity index (χ1v) is 9.03. The third-order valence-electron chi connectivity index (χ3n) is 4.98. The minimum absolute atomic E-state index is 0.247. The Morgan fingerprint density at radius 1 is 1.07 bits per heavy atom. The molecule has 2 N–H and O–H groups in total. The highest BCUT2D eigenvalue weighted by Crippen LogP contribution is 2.44. The number of rotatable bonds is 6. The van der Waals surface area contributed by atoms with Gasteiger partial charge in [0.15, 0.2) is 11.5 Å². The smallest absolute Gasteiger partial charge is 0.221 e. The van der Waals surface area contributed by atoms with E-state index in [1.807, 2.05) is 30.3 Å². The molecule has 1 saturated carbocycles. The average molecular weight is 362 g/mol. The van der Waals surface area contributed by atoms with Crippen LogP contribution in [0.15, 0.2) is 42.5 Å². The highest BCUT2D eigenvalue weighted by atomic mass is 16.5. The van der Waals surface area contributed by atoms with Crippen molar-refractivity contribution in [2.24, 2.45) is 5.73 Å². The molecule has 0 atom stereocenters. The van der Waals surface area contributed by atoms with Gasteiger partial charge in [-0.25, -0.2) is 4.98 Å². The number of hydrogen-bond acceptors (Lipinski definition) is 4. The van der Waals surface area contributed by atoms with Gasteiger partial charge in [-0.2, -0.15) is 0 Å². The van der Waals surface area contributed by atoms with Crippen molar-refractivity contribution in [1.29, 1.82) is 0 Å². The molecule has 0 aliphatic heterocycles. The molecule has 1 aliphatic carbocycles. The summed E-state index contributed by atoms with van der Waals surface area (Å²) in [6.45, 7) is 0. The Morgan fingerprint density at radius 3 is 2.52 bits per heavy atom. The molecule has 3 aromatic rings. The Balaban J connectivity index is 1.84. The van der Waals surface area contributed by atoms with Crippen LogP contribution in [0.25, 0.3) is 22.2 Å². The maximum atomic E-state index is 11.3. The second-order valence-electron chi connectivity index (χ2n) is 6.94. The summed E-state index contributed by atoms with van der Waals surface area (Å²) in [5.41, 5.74) is 10.4. The first kappa shape index (κ1) is 17.3. The summed E-state index contributed by atoms with van der Waals surface area (Å²) < 4.78 is 10.8. The van der Waals surface area contributed by atoms with E-state index < -0.39 is 0 Å². The number of hydrogen-bond donors (Lipinski definition) is 1. The van der Waals surface area contributed by atoms with Crippen molar-refractivity contribution in [2.75, 3.05) is 14.2 Å². The Labute approximate surface area is 158 Å². The van der Waals surface area contributed by atoms with Crippen LogP contribution in [0.4, 0.5) is 0 Å². The number of primary amides is 1. The van der Waals surface area contributed by atoms with Crippen LogP contribution in [0.2, 0.25) is 0 Å². The van der Waals surface area contributed by atoms with Crippen molar-refractivity contribution in [1.82, 2.24) is 4.98 Å². The fraction of sp³-hybridized carbons (Fsp3) is 0.273. The van der Waals surface area contributed by atoms with Gasteiger partial charge in [-0.05, 0) is 66.3 Å². The molecule has 0 spiro atoms. The first-order chi connectivity index (χ1) is 13.1. The predicted molar refractivity (Wildman–Crippen MR) is 105 cm³/mol. The van der Waals surface area contributed by atoms with Crippen LogP contribution in [0.1, 0.15) is 29.9 Å². The maximum absolute atomic E-state index is 11.3. The van der Waals surface area contributed by atoms with Gasteiger partial charge in [-0.1, -0.05) is 6.07 Å². The molecule has 1 fully saturated rings. The first-order valence-electron chi connectivity index (χ1n) is 9.03. The predicted octanol–water partition coefficient (Wildman–Crippen LogP) is 3.82. The Bertz CT molecular complexity index is 1030. The van der Waals surface area contributed by atoms with Crippen molar-refractivity contribution in [2.45, 2.75) is 25.2 Å². The fourth-order valence-corrected chi connectivity index (χ4v) is 3.49. The number of ether oxygens (including phenoxy) is 2. The van der Waals surface area contributed by atoms with Crippen molar-refractivity contribution in [3.05, 3.63) is 53.6 Å². The number of nitrogens with zero attached hydrogens (tertiary/aromatic N) is 1. The number of nitrogens with two attached hydrogens (primary N) is 1. The number of carbonyl (C=O) groups is 1. The monoisotopic (exact) mass is 362 g/mol. The van der Waals surface area contributed by atoms with Gasteiger partial charge in [-0.3, -0.25) is 4.79 Å². The summed E-state index contributed by atoms with van der Waals surface area (Å²) in [5.74, 6) is 1.61. The van der Waals surface area contributed by atoms with E-state index in [0.717, 1.165) is 27.7 Å². The summed E-state index contributed by atoms with van der Waals surface area (Å²) in [5, 5.41) is 1.11. The molecule has 5 heteroatoms. The highest BCUT2D eigenvalue weighted by Gasteiger charge is 2.26. The van der Waals surface area contributed by atoms with Gasteiger partial charge in [0.2, 0.25) is 5.91 Å². The summed E-state index contributed by atoms with van der Waals surface area (Å²) in [6.07, 6.45) is 2.62. The summed E-state index contributed by atoms with van der Waals surface area (Å²) in [7, 11) is 3.26. The summed E-state index contributed by atoms with van der Waals surface area (Å²) in [6, 6.07) is 14.0. The number of amides is 1. The SMILES string of the molecule is COc1ccc(-c2cc(C3CC3)c3cc(CC(N)=O)ccc3n2)cc1OC. The number of methoxy groups -OCH3 is 2. The standard InChI is InChI=1S/C22H22N2O3/c1-26-20-8-6-15(11-21(20)27-2)19-12-16(14-4-5-14)17-9-13(10-22(23)25)3-7-18(17)24-19/h3,6-9,11-12,14H,4-5,10H2,1-2H3,(H2,23,25). The molecule has 0 saturated heterocycles. The lowest BCUT2D eigenvalue weighted by Crippen LogP contribution is -2.13. The normalized spacial score (nSPS) is 13.6. The molecule has 5 nitrogen and oxygen atoms in total. The van der Waals surface area contributed by atoms with Gasteiger partial charge in [0.25, 0.3) is 0 Å². The van der Waals surface area contributed by atoms with Crippen LogP contribution in [-0.2, 0) is 11.2 Å². The zero-order chi connectivity index (χ0) is 19.0. The Kier molecular flexibility index (Phi) is 4.44. The van der Waals surface area contributed by atoms with E-state index in [2.05, 4.69) is 12.1 Å². The van der Waals surface area contributed by atoms with Gasteiger partial charge in [0.05, 0.1) is 31.9 Å².